The topological polar surface area (TPSA) is 101 Å². The zero-order valence-corrected chi connectivity index (χ0v) is 14.9. The predicted molar refractivity (Wildman–Crippen MR) is 99.0 cm³/mol. The van der Waals surface area contributed by atoms with Crippen molar-refractivity contribution in [2.45, 2.75) is 18.9 Å². The lowest BCUT2D eigenvalue weighted by molar-refractivity contribution is -0.136. The van der Waals surface area contributed by atoms with E-state index in [2.05, 4.69) is 31.7 Å². The van der Waals surface area contributed by atoms with Gasteiger partial charge in [0.1, 0.15) is 18.3 Å². The molecule has 142 valence electrons. The van der Waals surface area contributed by atoms with Gasteiger partial charge in [0.15, 0.2) is 17.0 Å². The van der Waals surface area contributed by atoms with Gasteiger partial charge in [-0.2, -0.15) is 0 Å². The van der Waals surface area contributed by atoms with Gasteiger partial charge in [-0.1, -0.05) is 6.08 Å². The quantitative estimate of drug-likeness (QED) is 0.602. The summed E-state index contributed by atoms with van der Waals surface area (Å²) in [6, 6.07) is 3.81. The fourth-order valence-corrected chi connectivity index (χ4v) is 3.26. The summed E-state index contributed by atoms with van der Waals surface area (Å²) < 4.78 is 13.4. The van der Waals surface area contributed by atoms with Crippen LogP contribution in [0.25, 0.3) is 11.2 Å². The van der Waals surface area contributed by atoms with Crippen LogP contribution >= 0.6 is 0 Å². The molecule has 0 amide bonds. The Bertz CT molecular complexity index is 894. The Kier molecular flexibility index (Phi) is 5.14. The highest BCUT2D eigenvalue weighted by Gasteiger charge is 2.30. The minimum Gasteiger partial charge on any atom is -0.468 e. The van der Waals surface area contributed by atoms with E-state index in [1.54, 1.807) is 18.7 Å². The summed E-state index contributed by atoms with van der Waals surface area (Å²) in [6.45, 7) is 6.14. The first-order chi connectivity index (χ1) is 13.3. The molecule has 3 aromatic rings. The lowest BCUT2D eigenvalue weighted by atomic mass is 10.2. The number of ether oxygens (including phenoxy) is 1. The number of aliphatic hydroxyl groups excluding tert-OH is 1. The molecule has 1 saturated heterocycles. The van der Waals surface area contributed by atoms with Crippen LogP contribution < -0.4 is 5.32 Å². The first-order valence-electron chi connectivity index (χ1n) is 8.82. The molecule has 0 saturated carbocycles. The molecule has 2 N–H and O–H groups in total. The standard InChI is InChI=1S/C18H22N6O3/c1-2-5-19-17-16-18(21-11-20-17)24(12-22-16)15-9-23(8-14(10-25)27-15)7-13-4-3-6-26-13/h2-4,6,11-12,14-15,25H,1,5,7-10H2,(H,19,20,21)/t14-,15+/m0/s1. The summed E-state index contributed by atoms with van der Waals surface area (Å²) in [6.07, 6.45) is 6.00. The van der Waals surface area contributed by atoms with E-state index in [-0.39, 0.29) is 18.9 Å². The van der Waals surface area contributed by atoms with Gasteiger partial charge < -0.3 is 19.6 Å². The molecule has 1 fully saturated rings. The first kappa shape index (κ1) is 17.7. The van der Waals surface area contributed by atoms with E-state index in [9.17, 15) is 5.11 Å². The molecule has 9 heteroatoms. The molecule has 1 aliphatic rings. The Labute approximate surface area is 156 Å². The molecule has 0 spiro atoms. The van der Waals surface area contributed by atoms with Gasteiger partial charge in [-0.25, -0.2) is 15.0 Å². The van der Waals surface area contributed by atoms with Crippen LogP contribution in [-0.4, -0.2) is 61.9 Å². The van der Waals surface area contributed by atoms with Gasteiger partial charge in [0, 0.05) is 19.6 Å². The van der Waals surface area contributed by atoms with E-state index in [1.807, 2.05) is 16.7 Å². The van der Waals surface area contributed by atoms with E-state index in [4.69, 9.17) is 9.15 Å². The molecule has 27 heavy (non-hydrogen) atoms. The average molecular weight is 370 g/mol. The molecule has 0 radical (unpaired) electrons. The Morgan fingerprint density at radius 1 is 1.33 bits per heavy atom. The van der Waals surface area contributed by atoms with E-state index in [1.165, 1.54) is 6.33 Å². The van der Waals surface area contributed by atoms with Crippen LogP contribution in [-0.2, 0) is 11.3 Å². The monoisotopic (exact) mass is 370 g/mol. The van der Waals surface area contributed by atoms with Crippen molar-refractivity contribution in [3.63, 3.8) is 0 Å². The molecular weight excluding hydrogens is 348 g/mol. The van der Waals surface area contributed by atoms with Crippen LogP contribution in [0.2, 0.25) is 0 Å². The van der Waals surface area contributed by atoms with Crippen LogP contribution in [0.5, 0.6) is 0 Å². The third-order valence-electron chi connectivity index (χ3n) is 4.47. The number of furan rings is 1. The number of nitrogens with zero attached hydrogens (tertiary/aromatic N) is 5. The zero-order chi connectivity index (χ0) is 18.6. The van der Waals surface area contributed by atoms with Crippen molar-refractivity contribution in [3.05, 3.63) is 49.5 Å². The van der Waals surface area contributed by atoms with Gasteiger partial charge in [-0.3, -0.25) is 9.47 Å². The van der Waals surface area contributed by atoms with Crippen molar-refractivity contribution in [1.29, 1.82) is 0 Å². The van der Waals surface area contributed by atoms with Crippen LogP contribution in [0.3, 0.4) is 0 Å². The summed E-state index contributed by atoms with van der Waals surface area (Å²) >= 11 is 0. The highest BCUT2D eigenvalue weighted by atomic mass is 16.5. The van der Waals surface area contributed by atoms with Crippen LogP contribution in [0.15, 0.2) is 48.1 Å². The minimum atomic E-state index is -0.321. The van der Waals surface area contributed by atoms with Crippen LogP contribution in [0.1, 0.15) is 12.0 Å². The van der Waals surface area contributed by atoms with Gasteiger partial charge in [0.05, 0.1) is 31.8 Å². The number of anilines is 1. The predicted octanol–water partition coefficient (Wildman–Crippen LogP) is 1.41. The van der Waals surface area contributed by atoms with Crippen molar-refractivity contribution in [2.24, 2.45) is 0 Å². The molecule has 2 atom stereocenters. The van der Waals surface area contributed by atoms with Crippen molar-refractivity contribution in [2.75, 3.05) is 31.6 Å². The second kappa shape index (κ2) is 7.87. The molecule has 4 rings (SSSR count). The zero-order valence-electron chi connectivity index (χ0n) is 14.9. The van der Waals surface area contributed by atoms with Crippen LogP contribution in [0, 0.1) is 0 Å². The maximum Gasteiger partial charge on any atom is 0.167 e. The first-order valence-corrected chi connectivity index (χ1v) is 8.82. The maximum atomic E-state index is 9.66. The number of aromatic nitrogens is 4. The fraction of sp³-hybridized carbons (Fsp3) is 0.389. The second-order valence-electron chi connectivity index (χ2n) is 6.38. The Morgan fingerprint density at radius 3 is 3.04 bits per heavy atom. The van der Waals surface area contributed by atoms with Crippen molar-refractivity contribution in [3.8, 4) is 0 Å². The lowest BCUT2D eigenvalue weighted by Crippen LogP contribution is -2.46. The van der Waals surface area contributed by atoms with Crippen LogP contribution in [0.4, 0.5) is 5.82 Å². The number of aliphatic hydroxyl groups is 1. The summed E-state index contributed by atoms with van der Waals surface area (Å²) in [5.41, 5.74) is 1.35. The average Bonchev–Trinajstić information content (AvgIpc) is 3.35. The van der Waals surface area contributed by atoms with E-state index >= 15 is 0 Å². The van der Waals surface area contributed by atoms with E-state index < -0.39 is 0 Å². The molecule has 0 aliphatic carbocycles. The number of imidazole rings is 1. The Morgan fingerprint density at radius 2 is 2.26 bits per heavy atom. The van der Waals surface area contributed by atoms with Crippen molar-refractivity contribution < 1.29 is 14.3 Å². The lowest BCUT2D eigenvalue weighted by Gasteiger charge is -2.37. The molecule has 0 bridgehead atoms. The molecule has 3 aromatic heterocycles. The van der Waals surface area contributed by atoms with Gasteiger partial charge in [-0.05, 0) is 12.1 Å². The smallest absolute Gasteiger partial charge is 0.167 e. The van der Waals surface area contributed by atoms with Crippen molar-refractivity contribution in [1.82, 2.24) is 24.4 Å². The highest BCUT2D eigenvalue weighted by molar-refractivity contribution is 5.82. The third kappa shape index (κ3) is 3.70. The molecule has 1 aliphatic heterocycles. The number of rotatable bonds is 7. The van der Waals surface area contributed by atoms with Gasteiger partial charge in [-0.15, -0.1) is 6.58 Å². The third-order valence-corrected chi connectivity index (χ3v) is 4.47. The number of morpholine rings is 1. The minimum absolute atomic E-state index is 0.0566. The van der Waals surface area contributed by atoms with Gasteiger partial charge in [0.25, 0.3) is 0 Å². The maximum absolute atomic E-state index is 9.66. The molecule has 0 aromatic carbocycles. The number of fused-ring (bicyclic) bond motifs is 1. The SMILES string of the molecule is C=CCNc1ncnc2c1ncn2[C@H]1CN(Cc2ccco2)C[C@@H](CO)O1. The van der Waals surface area contributed by atoms with Gasteiger partial charge >= 0.3 is 0 Å². The number of nitrogens with one attached hydrogen (secondary N) is 1. The molecule has 9 nitrogen and oxygen atoms in total. The normalized spacial score (nSPS) is 20.8. The second-order valence-corrected chi connectivity index (χ2v) is 6.38. The largest absolute Gasteiger partial charge is 0.468 e. The fourth-order valence-electron chi connectivity index (χ4n) is 3.26. The Hall–Kier alpha value is -2.75. The summed E-state index contributed by atoms with van der Waals surface area (Å²) in [4.78, 5) is 15.3. The Balaban J connectivity index is 1.60. The van der Waals surface area contributed by atoms with E-state index in [0.717, 1.165) is 5.76 Å². The van der Waals surface area contributed by atoms with E-state index in [0.29, 0.717) is 43.2 Å². The molecule has 4 heterocycles. The number of hydrogen-bond acceptors (Lipinski definition) is 8. The van der Waals surface area contributed by atoms with Crippen molar-refractivity contribution >= 4 is 17.0 Å². The summed E-state index contributed by atoms with van der Waals surface area (Å²) in [5, 5.41) is 12.8. The number of hydrogen-bond donors (Lipinski definition) is 2. The van der Waals surface area contributed by atoms with Gasteiger partial charge in [0.2, 0.25) is 0 Å². The highest BCUT2D eigenvalue weighted by Crippen LogP contribution is 2.26. The molecule has 0 unspecified atom stereocenters. The summed E-state index contributed by atoms with van der Waals surface area (Å²) in [7, 11) is 0. The summed E-state index contributed by atoms with van der Waals surface area (Å²) in [5.74, 6) is 1.53. The molecular formula is C18H22N6O3.